The second kappa shape index (κ2) is 4.86. The van der Waals surface area contributed by atoms with Crippen LogP contribution in [0.2, 0.25) is 0 Å². The largest absolute Gasteiger partial charge is 0.377 e. The van der Waals surface area contributed by atoms with Crippen molar-refractivity contribution >= 4 is 9.84 Å². The third-order valence-electron chi connectivity index (χ3n) is 2.77. The molecule has 1 aliphatic rings. The average molecular weight is 251 g/mol. The zero-order chi connectivity index (χ0) is 12.3. The molecule has 4 nitrogen and oxygen atoms in total. The van der Waals surface area contributed by atoms with E-state index in [1.54, 1.807) is 0 Å². The van der Waals surface area contributed by atoms with Crippen molar-refractivity contribution in [3.8, 4) is 6.07 Å². The molecule has 0 spiro atoms. The molecule has 1 aromatic rings. The molecule has 1 saturated heterocycles. The van der Waals surface area contributed by atoms with Crippen LogP contribution in [0.15, 0.2) is 29.2 Å². The van der Waals surface area contributed by atoms with Gasteiger partial charge in [0.1, 0.15) is 0 Å². The number of nitriles is 1. The molecule has 1 aliphatic heterocycles. The summed E-state index contributed by atoms with van der Waals surface area (Å²) in [7, 11) is -3.30. The van der Waals surface area contributed by atoms with E-state index in [2.05, 4.69) is 0 Å². The SMILES string of the molecule is N#Cc1ccc(S(=O)(=O)C[C@@H]2CCCO2)cc1. The molecular weight excluding hydrogens is 238 g/mol. The normalized spacial score (nSPS) is 20.1. The summed E-state index contributed by atoms with van der Waals surface area (Å²) in [5.41, 5.74) is 0.459. The maximum atomic E-state index is 12.0. The van der Waals surface area contributed by atoms with E-state index in [9.17, 15) is 8.42 Å². The fraction of sp³-hybridized carbons (Fsp3) is 0.417. The van der Waals surface area contributed by atoms with Gasteiger partial charge in [-0.15, -0.1) is 0 Å². The van der Waals surface area contributed by atoms with Crippen LogP contribution in [0, 0.1) is 11.3 Å². The molecule has 0 saturated carbocycles. The summed E-state index contributed by atoms with van der Waals surface area (Å²) in [6, 6.07) is 7.94. The summed E-state index contributed by atoms with van der Waals surface area (Å²) in [5, 5.41) is 8.64. The smallest absolute Gasteiger partial charge is 0.180 e. The molecule has 0 aromatic heterocycles. The summed E-state index contributed by atoms with van der Waals surface area (Å²) < 4.78 is 29.4. The van der Waals surface area contributed by atoms with Crippen molar-refractivity contribution in [1.82, 2.24) is 0 Å². The maximum absolute atomic E-state index is 12.0. The number of sulfone groups is 1. The lowest BCUT2D eigenvalue weighted by Gasteiger charge is -2.10. The van der Waals surface area contributed by atoms with Gasteiger partial charge in [0.25, 0.3) is 0 Å². The van der Waals surface area contributed by atoms with Crippen LogP contribution in [-0.4, -0.2) is 26.9 Å². The summed E-state index contributed by atoms with van der Waals surface area (Å²) >= 11 is 0. The first-order chi connectivity index (χ1) is 8.12. The predicted octanol–water partition coefficient (Wildman–Crippen LogP) is 1.51. The Morgan fingerprint density at radius 2 is 2.06 bits per heavy atom. The Labute approximate surface area is 101 Å². The van der Waals surface area contributed by atoms with Gasteiger partial charge in [0.15, 0.2) is 9.84 Å². The minimum Gasteiger partial charge on any atom is -0.377 e. The van der Waals surface area contributed by atoms with Gasteiger partial charge >= 0.3 is 0 Å². The lowest BCUT2D eigenvalue weighted by atomic mass is 10.2. The first-order valence-electron chi connectivity index (χ1n) is 5.46. The molecule has 1 heterocycles. The highest BCUT2D eigenvalue weighted by molar-refractivity contribution is 7.91. The van der Waals surface area contributed by atoms with Gasteiger partial charge in [0, 0.05) is 6.61 Å². The summed E-state index contributed by atoms with van der Waals surface area (Å²) in [6.45, 7) is 0.646. The van der Waals surface area contributed by atoms with Crippen molar-refractivity contribution in [3.05, 3.63) is 29.8 Å². The minimum absolute atomic E-state index is 0.0267. The van der Waals surface area contributed by atoms with Gasteiger partial charge in [-0.1, -0.05) is 0 Å². The summed E-state index contributed by atoms with van der Waals surface area (Å²) in [4.78, 5) is 0.256. The first kappa shape index (κ1) is 12.1. The van der Waals surface area contributed by atoms with Crippen LogP contribution in [0.1, 0.15) is 18.4 Å². The van der Waals surface area contributed by atoms with Crippen LogP contribution in [0.4, 0.5) is 0 Å². The molecule has 0 radical (unpaired) electrons. The highest BCUT2D eigenvalue weighted by Gasteiger charge is 2.24. The highest BCUT2D eigenvalue weighted by Crippen LogP contribution is 2.19. The van der Waals surface area contributed by atoms with Crippen molar-refractivity contribution in [3.63, 3.8) is 0 Å². The topological polar surface area (TPSA) is 67.2 Å². The number of hydrogen-bond donors (Lipinski definition) is 0. The van der Waals surface area contributed by atoms with E-state index in [-0.39, 0.29) is 16.8 Å². The molecule has 0 bridgehead atoms. The Morgan fingerprint density at radius 3 is 2.59 bits per heavy atom. The predicted molar refractivity (Wildman–Crippen MR) is 62.2 cm³/mol. The molecule has 90 valence electrons. The monoisotopic (exact) mass is 251 g/mol. The van der Waals surface area contributed by atoms with Crippen LogP contribution >= 0.6 is 0 Å². The molecular formula is C12H13NO3S. The summed E-state index contributed by atoms with van der Waals surface area (Å²) in [5.74, 6) is 0.0267. The standard InChI is InChI=1S/C12H13NO3S/c13-8-10-3-5-12(6-4-10)17(14,15)9-11-2-1-7-16-11/h3-6,11H,1-2,7,9H2/t11-/m0/s1. The second-order valence-electron chi connectivity index (χ2n) is 4.05. The average Bonchev–Trinajstić information content (AvgIpc) is 2.81. The highest BCUT2D eigenvalue weighted by atomic mass is 32.2. The van der Waals surface area contributed by atoms with Crippen LogP contribution in [0.5, 0.6) is 0 Å². The van der Waals surface area contributed by atoms with Gasteiger partial charge in [-0.05, 0) is 37.1 Å². The first-order valence-corrected chi connectivity index (χ1v) is 7.11. The molecule has 0 amide bonds. The number of rotatable bonds is 3. The van der Waals surface area contributed by atoms with Crippen LogP contribution in [0.25, 0.3) is 0 Å². The van der Waals surface area contributed by atoms with E-state index < -0.39 is 9.84 Å². The molecule has 0 aliphatic carbocycles. The molecule has 5 heteroatoms. The fourth-order valence-corrected chi connectivity index (χ4v) is 3.35. The van der Waals surface area contributed by atoms with E-state index in [1.807, 2.05) is 6.07 Å². The van der Waals surface area contributed by atoms with Crippen LogP contribution < -0.4 is 0 Å². The van der Waals surface area contributed by atoms with Crippen LogP contribution in [0.3, 0.4) is 0 Å². The van der Waals surface area contributed by atoms with Crippen LogP contribution in [-0.2, 0) is 14.6 Å². The van der Waals surface area contributed by atoms with Crippen molar-refractivity contribution in [1.29, 1.82) is 5.26 Å². The molecule has 2 rings (SSSR count). The molecule has 0 N–H and O–H groups in total. The molecule has 1 fully saturated rings. The number of ether oxygens (including phenoxy) is 1. The fourth-order valence-electron chi connectivity index (χ4n) is 1.85. The van der Waals surface area contributed by atoms with Gasteiger partial charge in [-0.3, -0.25) is 0 Å². The molecule has 17 heavy (non-hydrogen) atoms. The van der Waals surface area contributed by atoms with E-state index >= 15 is 0 Å². The van der Waals surface area contributed by atoms with Crippen molar-refractivity contribution in [2.45, 2.75) is 23.8 Å². The Bertz CT molecular complexity index is 522. The maximum Gasteiger partial charge on any atom is 0.180 e. The Balaban J connectivity index is 2.16. The molecule has 1 atom stereocenters. The van der Waals surface area contributed by atoms with Crippen molar-refractivity contribution in [2.75, 3.05) is 12.4 Å². The Morgan fingerprint density at radius 1 is 1.35 bits per heavy atom. The second-order valence-corrected chi connectivity index (χ2v) is 6.09. The zero-order valence-electron chi connectivity index (χ0n) is 9.30. The lowest BCUT2D eigenvalue weighted by molar-refractivity contribution is 0.127. The van der Waals surface area contributed by atoms with Gasteiger partial charge in [-0.25, -0.2) is 8.42 Å². The molecule has 1 aromatic carbocycles. The Hall–Kier alpha value is -1.38. The van der Waals surface area contributed by atoms with Gasteiger partial charge < -0.3 is 4.74 Å². The van der Waals surface area contributed by atoms with E-state index in [1.165, 1.54) is 24.3 Å². The third-order valence-corrected chi connectivity index (χ3v) is 4.57. The van der Waals surface area contributed by atoms with Gasteiger partial charge in [0.05, 0.1) is 28.4 Å². The molecule has 0 unspecified atom stereocenters. The number of benzene rings is 1. The number of hydrogen-bond acceptors (Lipinski definition) is 4. The lowest BCUT2D eigenvalue weighted by Crippen LogP contribution is -2.20. The van der Waals surface area contributed by atoms with Crippen molar-refractivity contribution in [2.24, 2.45) is 0 Å². The van der Waals surface area contributed by atoms with Gasteiger partial charge in [0.2, 0.25) is 0 Å². The Kier molecular flexibility index (Phi) is 3.46. The van der Waals surface area contributed by atoms with E-state index in [0.717, 1.165) is 12.8 Å². The van der Waals surface area contributed by atoms with Crippen molar-refractivity contribution < 1.29 is 13.2 Å². The zero-order valence-corrected chi connectivity index (χ0v) is 10.1. The van der Waals surface area contributed by atoms with E-state index in [0.29, 0.717) is 12.2 Å². The minimum atomic E-state index is -3.30. The summed E-state index contributed by atoms with van der Waals surface area (Å²) in [6.07, 6.45) is 1.54. The number of nitrogens with zero attached hydrogens (tertiary/aromatic N) is 1. The van der Waals surface area contributed by atoms with E-state index in [4.69, 9.17) is 10.00 Å². The van der Waals surface area contributed by atoms with Gasteiger partial charge in [-0.2, -0.15) is 5.26 Å². The quantitative estimate of drug-likeness (QED) is 0.816. The third kappa shape index (κ3) is 2.84.